The molecule has 0 saturated carbocycles. The van der Waals surface area contributed by atoms with Crippen LogP contribution in [0.1, 0.15) is 11.1 Å². The van der Waals surface area contributed by atoms with Crippen LogP contribution in [0, 0.1) is 13.8 Å². The van der Waals surface area contributed by atoms with E-state index >= 15 is 0 Å². The van der Waals surface area contributed by atoms with E-state index in [1.165, 1.54) is 55.2 Å². The standard InChI is InChI=1S/C56H40N2O/c1-37-35-42(40-19-7-4-8-20-40)36-38(2)55(37)57(43-31-29-41(30-32-43)39-17-5-3-6-18-39)52-34-33-47(56-54(52)48-24-12-16-28-53(48)59-56)46-23-11-15-27-51(46)58-49-25-13-9-21-44(49)45-22-10-14-26-50(45)58/h3-36H,1-2H3. The third kappa shape index (κ3) is 5.74. The summed E-state index contributed by atoms with van der Waals surface area (Å²) in [5.74, 6) is 0. The Kier molecular flexibility index (Phi) is 8.27. The molecule has 0 unspecified atom stereocenters. The third-order valence-corrected chi connectivity index (χ3v) is 11.8. The zero-order chi connectivity index (χ0) is 39.5. The van der Waals surface area contributed by atoms with Gasteiger partial charge in [0, 0.05) is 33.0 Å². The molecule has 0 radical (unpaired) electrons. The molecule has 0 N–H and O–H groups in total. The monoisotopic (exact) mass is 756 g/mol. The second-order valence-corrected chi connectivity index (χ2v) is 15.4. The van der Waals surface area contributed by atoms with Gasteiger partial charge >= 0.3 is 0 Å². The van der Waals surface area contributed by atoms with E-state index in [0.717, 1.165) is 55.8 Å². The summed E-state index contributed by atoms with van der Waals surface area (Å²) in [5, 5.41) is 4.63. The first-order chi connectivity index (χ1) is 29.1. The predicted molar refractivity (Wildman–Crippen MR) is 249 cm³/mol. The van der Waals surface area contributed by atoms with E-state index in [1.54, 1.807) is 0 Å². The van der Waals surface area contributed by atoms with E-state index in [-0.39, 0.29) is 0 Å². The lowest BCUT2D eigenvalue weighted by molar-refractivity contribution is 0.670. The number of hydrogen-bond donors (Lipinski definition) is 0. The van der Waals surface area contributed by atoms with Crippen molar-refractivity contribution in [3.05, 3.63) is 217 Å². The number of fused-ring (bicyclic) bond motifs is 6. The normalized spacial score (nSPS) is 11.6. The molecule has 3 nitrogen and oxygen atoms in total. The molecule has 0 aliphatic heterocycles. The highest BCUT2D eigenvalue weighted by Crippen LogP contribution is 2.49. The van der Waals surface area contributed by atoms with Gasteiger partial charge in [0.1, 0.15) is 11.2 Å². The van der Waals surface area contributed by atoms with Crippen LogP contribution in [0.5, 0.6) is 0 Å². The Morgan fingerprint density at radius 1 is 0.424 bits per heavy atom. The molecule has 11 aromatic rings. The largest absolute Gasteiger partial charge is 0.455 e. The van der Waals surface area contributed by atoms with Gasteiger partial charge in [0.25, 0.3) is 0 Å². The first-order valence-electron chi connectivity index (χ1n) is 20.3. The second-order valence-electron chi connectivity index (χ2n) is 15.4. The van der Waals surface area contributed by atoms with Crippen LogP contribution in [0.25, 0.3) is 82.8 Å². The average Bonchev–Trinajstić information content (AvgIpc) is 3.85. The van der Waals surface area contributed by atoms with Crippen LogP contribution in [-0.4, -0.2) is 4.57 Å². The molecule has 2 heterocycles. The number of hydrogen-bond acceptors (Lipinski definition) is 2. The van der Waals surface area contributed by atoms with Crippen molar-refractivity contribution in [2.45, 2.75) is 13.8 Å². The Bertz CT molecular complexity index is 3260. The molecule has 280 valence electrons. The van der Waals surface area contributed by atoms with E-state index in [0.29, 0.717) is 0 Å². The van der Waals surface area contributed by atoms with E-state index < -0.39 is 0 Å². The van der Waals surface area contributed by atoms with Crippen LogP contribution in [0.2, 0.25) is 0 Å². The van der Waals surface area contributed by atoms with Gasteiger partial charge in [0.2, 0.25) is 0 Å². The van der Waals surface area contributed by atoms with Crippen LogP contribution in [0.15, 0.2) is 211 Å². The first kappa shape index (κ1) is 34.6. The van der Waals surface area contributed by atoms with Gasteiger partial charge in [-0.2, -0.15) is 0 Å². The highest BCUT2D eigenvalue weighted by atomic mass is 16.3. The SMILES string of the molecule is Cc1cc(-c2ccccc2)cc(C)c1N(c1ccc(-c2ccccc2)cc1)c1ccc(-c2ccccc2-n2c3ccccc3c3ccccc32)c2oc3ccccc3c12. The lowest BCUT2D eigenvalue weighted by Gasteiger charge is -2.30. The minimum absolute atomic E-state index is 0.859. The van der Waals surface area contributed by atoms with Gasteiger partial charge in [-0.25, -0.2) is 0 Å². The molecular weight excluding hydrogens is 717 g/mol. The summed E-state index contributed by atoms with van der Waals surface area (Å²) in [6.45, 7) is 4.47. The Morgan fingerprint density at radius 3 is 1.61 bits per heavy atom. The van der Waals surface area contributed by atoms with Crippen molar-refractivity contribution in [1.29, 1.82) is 0 Å². The van der Waals surface area contributed by atoms with Crippen LogP contribution in [0.3, 0.4) is 0 Å². The van der Waals surface area contributed by atoms with Gasteiger partial charge in [0.15, 0.2) is 0 Å². The molecule has 0 fully saturated rings. The summed E-state index contributed by atoms with van der Waals surface area (Å²) in [6, 6.07) is 74.1. The summed E-state index contributed by atoms with van der Waals surface area (Å²) in [7, 11) is 0. The van der Waals surface area contributed by atoms with E-state index in [9.17, 15) is 0 Å². The molecule has 0 aliphatic rings. The lowest BCUT2D eigenvalue weighted by Crippen LogP contribution is -2.13. The number of aryl methyl sites for hydroxylation is 2. The van der Waals surface area contributed by atoms with E-state index in [4.69, 9.17) is 4.42 Å². The molecule has 0 saturated heterocycles. The maximum Gasteiger partial charge on any atom is 0.145 e. The first-order valence-corrected chi connectivity index (χ1v) is 20.3. The quantitative estimate of drug-likeness (QED) is 0.161. The summed E-state index contributed by atoms with van der Waals surface area (Å²) < 4.78 is 9.43. The second kappa shape index (κ2) is 14.1. The Hall–Kier alpha value is -7.62. The summed E-state index contributed by atoms with van der Waals surface area (Å²) >= 11 is 0. The van der Waals surface area contributed by atoms with Gasteiger partial charge in [-0.15, -0.1) is 0 Å². The van der Waals surface area contributed by atoms with Crippen molar-refractivity contribution in [2.75, 3.05) is 4.90 Å². The Labute approximate surface area is 343 Å². The molecule has 0 aliphatic carbocycles. The fourth-order valence-corrected chi connectivity index (χ4v) is 9.22. The van der Waals surface area contributed by atoms with Crippen molar-refractivity contribution in [3.8, 4) is 39.1 Å². The molecule has 2 aromatic heterocycles. The third-order valence-electron chi connectivity index (χ3n) is 11.8. The zero-order valence-corrected chi connectivity index (χ0v) is 32.9. The van der Waals surface area contributed by atoms with Gasteiger partial charge < -0.3 is 13.9 Å². The molecule has 3 heteroatoms. The van der Waals surface area contributed by atoms with Crippen molar-refractivity contribution < 1.29 is 4.42 Å². The number of anilines is 3. The number of para-hydroxylation sites is 4. The molecule has 0 bridgehead atoms. The zero-order valence-electron chi connectivity index (χ0n) is 32.9. The molecule has 0 spiro atoms. The fraction of sp³-hybridized carbons (Fsp3) is 0.0357. The minimum Gasteiger partial charge on any atom is -0.455 e. The number of furan rings is 1. The minimum atomic E-state index is 0.859. The molecule has 0 amide bonds. The fourth-order valence-electron chi connectivity index (χ4n) is 9.22. The maximum absolute atomic E-state index is 7.03. The van der Waals surface area contributed by atoms with Crippen molar-refractivity contribution in [2.24, 2.45) is 0 Å². The summed E-state index contributed by atoms with van der Waals surface area (Å²) in [6.07, 6.45) is 0. The van der Waals surface area contributed by atoms with Crippen LogP contribution in [-0.2, 0) is 0 Å². The van der Waals surface area contributed by atoms with Crippen LogP contribution < -0.4 is 4.90 Å². The highest BCUT2D eigenvalue weighted by molar-refractivity contribution is 6.18. The summed E-state index contributed by atoms with van der Waals surface area (Å²) in [5.41, 5.74) is 17.8. The van der Waals surface area contributed by atoms with E-state index in [2.05, 4.69) is 230 Å². The van der Waals surface area contributed by atoms with E-state index in [1.807, 2.05) is 0 Å². The van der Waals surface area contributed by atoms with Gasteiger partial charge in [-0.3, -0.25) is 0 Å². The van der Waals surface area contributed by atoms with Crippen molar-refractivity contribution in [3.63, 3.8) is 0 Å². The molecule has 9 aromatic carbocycles. The summed E-state index contributed by atoms with van der Waals surface area (Å²) in [4.78, 5) is 2.45. The number of nitrogens with zero attached hydrogens (tertiary/aromatic N) is 2. The molecular formula is C56H40N2O. The number of aromatic nitrogens is 1. The van der Waals surface area contributed by atoms with Gasteiger partial charge in [0.05, 0.1) is 33.5 Å². The van der Waals surface area contributed by atoms with Crippen LogP contribution in [0.4, 0.5) is 17.1 Å². The van der Waals surface area contributed by atoms with Gasteiger partial charge in [-0.05, 0) is 108 Å². The Morgan fingerprint density at radius 2 is 0.949 bits per heavy atom. The predicted octanol–water partition coefficient (Wildman–Crippen LogP) is 15.8. The topological polar surface area (TPSA) is 21.3 Å². The smallest absolute Gasteiger partial charge is 0.145 e. The Balaban J connectivity index is 1.17. The van der Waals surface area contributed by atoms with Crippen molar-refractivity contribution >= 4 is 60.8 Å². The highest BCUT2D eigenvalue weighted by Gasteiger charge is 2.26. The van der Waals surface area contributed by atoms with Crippen molar-refractivity contribution in [1.82, 2.24) is 4.57 Å². The molecule has 11 rings (SSSR count). The molecule has 59 heavy (non-hydrogen) atoms. The maximum atomic E-state index is 7.03. The average molecular weight is 757 g/mol. The number of benzene rings is 9. The number of rotatable bonds is 7. The van der Waals surface area contributed by atoms with Gasteiger partial charge in [-0.1, -0.05) is 146 Å². The lowest BCUT2D eigenvalue weighted by atomic mass is 9.95. The van der Waals surface area contributed by atoms with Crippen LogP contribution >= 0.6 is 0 Å². The molecule has 0 atom stereocenters.